The van der Waals surface area contributed by atoms with Gasteiger partial charge in [-0.1, -0.05) is 19.9 Å². The number of amides is 1. The molecule has 0 saturated heterocycles. The Labute approximate surface area is 106 Å². The van der Waals surface area contributed by atoms with Crippen LogP contribution in [0.25, 0.3) is 0 Å². The molecule has 0 aliphatic carbocycles. The number of nitrogens with zero attached hydrogens (tertiary/aromatic N) is 1. The van der Waals surface area contributed by atoms with Gasteiger partial charge in [0.1, 0.15) is 5.41 Å². The maximum atomic E-state index is 12.0. The number of hydrogen-bond donors (Lipinski definition) is 1. The normalized spacial score (nSPS) is 13.2. The van der Waals surface area contributed by atoms with Crippen LogP contribution < -0.4 is 5.32 Å². The van der Waals surface area contributed by atoms with Gasteiger partial charge in [0.15, 0.2) is 0 Å². The van der Waals surface area contributed by atoms with Gasteiger partial charge in [0.25, 0.3) is 0 Å². The van der Waals surface area contributed by atoms with Crippen LogP contribution in [0.4, 0.5) is 0 Å². The molecule has 0 aliphatic heterocycles. The highest BCUT2D eigenvalue weighted by molar-refractivity contribution is 7.10. The maximum absolute atomic E-state index is 12.0. The summed E-state index contributed by atoms with van der Waals surface area (Å²) in [6, 6.07) is 5.98. The summed E-state index contributed by atoms with van der Waals surface area (Å²) < 4.78 is 0. The van der Waals surface area contributed by atoms with Gasteiger partial charge < -0.3 is 5.32 Å². The van der Waals surface area contributed by atoms with Gasteiger partial charge in [-0.2, -0.15) is 5.26 Å². The van der Waals surface area contributed by atoms with Crippen molar-refractivity contribution in [1.82, 2.24) is 5.32 Å². The first-order valence-corrected chi connectivity index (χ1v) is 6.52. The first-order valence-electron chi connectivity index (χ1n) is 5.64. The number of carbonyl (C=O) groups is 1. The third kappa shape index (κ3) is 3.31. The maximum Gasteiger partial charge on any atom is 0.240 e. The minimum Gasteiger partial charge on any atom is -0.347 e. The van der Waals surface area contributed by atoms with Crippen LogP contribution in [0.5, 0.6) is 0 Å². The van der Waals surface area contributed by atoms with Crippen molar-refractivity contribution >= 4 is 17.2 Å². The largest absolute Gasteiger partial charge is 0.347 e. The van der Waals surface area contributed by atoms with Crippen molar-refractivity contribution in [2.75, 3.05) is 0 Å². The van der Waals surface area contributed by atoms with Crippen LogP contribution >= 0.6 is 11.3 Å². The summed E-state index contributed by atoms with van der Waals surface area (Å²) in [7, 11) is 0. The zero-order valence-electron chi connectivity index (χ0n) is 10.7. The molecule has 4 heteroatoms. The molecule has 0 aromatic carbocycles. The predicted octanol–water partition coefficient (Wildman–Crippen LogP) is 3.11. The van der Waals surface area contributed by atoms with E-state index < -0.39 is 5.41 Å². The van der Waals surface area contributed by atoms with E-state index in [4.69, 9.17) is 5.26 Å². The van der Waals surface area contributed by atoms with E-state index in [0.717, 1.165) is 4.88 Å². The van der Waals surface area contributed by atoms with E-state index in [1.165, 1.54) is 0 Å². The van der Waals surface area contributed by atoms with E-state index in [2.05, 4.69) is 19.2 Å². The van der Waals surface area contributed by atoms with Gasteiger partial charge in [0.05, 0.1) is 12.1 Å². The average Bonchev–Trinajstić information content (AvgIpc) is 2.78. The standard InChI is InChI=1S/C13H18N2OS/c1-9(2)11(10-6-5-7-17-10)15-12(16)13(3,4)8-14/h5-7,9,11H,1-4H3,(H,15,16). The Balaban J connectivity index is 2.84. The van der Waals surface area contributed by atoms with E-state index in [1.54, 1.807) is 25.2 Å². The van der Waals surface area contributed by atoms with Crippen LogP contribution in [0.2, 0.25) is 0 Å². The quantitative estimate of drug-likeness (QED) is 0.892. The van der Waals surface area contributed by atoms with E-state index in [-0.39, 0.29) is 11.9 Å². The molecular weight excluding hydrogens is 232 g/mol. The summed E-state index contributed by atoms with van der Waals surface area (Å²) in [5.74, 6) is 0.0826. The van der Waals surface area contributed by atoms with Crippen molar-refractivity contribution in [3.05, 3.63) is 22.4 Å². The Bertz CT molecular complexity index is 415. The molecule has 1 heterocycles. The first kappa shape index (κ1) is 13.7. The molecule has 1 N–H and O–H groups in total. The van der Waals surface area contributed by atoms with Gasteiger partial charge in [0.2, 0.25) is 5.91 Å². The number of rotatable bonds is 4. The SMILES string of the molecule is CC(C)C(NC(=O)C(C)(C)C#N)c1cccs1. The van der Waals surface area contributed by atoms with E-state index in [9.17, 15) is 4.79 Å². The van der Waals surface area contributed by atoms with Crippen molar-refractivity contribution in [3.63, 3.8) is 0 Å². The molecule has 1 amide bonds. The van der Waals surface area contributed by atoms with Gasteiger partial charge in [-0.25, -0.2) is 0 Å². The molecule has 0 radical (unpaired) electrons. The van der Waals surface area contributed by atoms with Crippen molar-refractivity contribution < 1.29 is 4.79 Å². The molecular formula is C13H18N2OS. The summed E-state index contributed by atoms with van der Waals surface area (Å²) >= 11 is 1.62. The Kier molecular flexibility index (Phi) is 4.30. The molecule has 0 bridgehead atoms. The van der Waals surface area contributed by atoms with E-state index in [0.29, 0.717) is 5.92 Å². The molecule has 0 saturated carbocycles. The predicted molar refractivity (Wildman–Crippen MR) is 69.4 cm³/mol. The minimum absolute atomic E-state index is 0.0184. The fourth-order valence-corrected chi connectivity index (χ4v) is 2.36. The Hall–Kier alpha value is -1.34. The van der Waals surface area contributed by atoms with Crippen molar-refractivity contribution in [2.45, 2.75) is 33.7 Å². The highest BCUT2D eigenvalue weighted by atomic mass is 32.1. The third-order valence-electron chi connectivity index (χ3n) is 2.65. The van der Waals surface area contributed by atoms with Gasteiger partial charge in [-0.15, -0.1) is 11.3 Å². The van der Waals surface area contributed by atoms with Crippen LogP contribution in [0.1, 0.15) is 38.6 Å². The molecule has 1 unspecified atom stereocenters. The Morgan fingerprint density at radius 3 is 2.59 bits per heavy atom. The number of carbonyl (C=O) groups excluding carboxylic acids is 1. The number of thiophene rings is 1. The second-order valence-corrected chi connectivity index (χ2v) is 5.93. The van der Waals surface area contributed by atoms with Crippen LogP contribution in [0, 0.1) is 22.7 Å². The fraction of sp³-hybridized carbons (Fsp3) is 0.538. The highest BCUT2D eigenvalue weighted by Crippen LogP contribution is 2.27. The molecule has 3 nitrogen and oxygen atoms in total. The topological polar surface area (TPSA) is 52.9 Å². The Morgan fingerprint density at radius 1 is 1.53 bits per heavy atom. The van der Waals surface area contributed by atoms with Gasteiger partial charge in [-0.05, 0) is 31.2 Å². The average molecular weight is 250 g/mol. The summed E-state index contributed by atoms with van der Waals surface area (Å²) in [4.78, 5) is 13.1. The summed E-state index contributed by atoms with van der Waals surface area (Å²) in [6.45, 7) is 7.39. The Morgan fingerprint density at radius 2 is 2.18 bits per heavy atom. The molecule has 0 spiro atoms. The summed E-state index contributed by atoms with van der Waals surface area (Å²) in [5, 5.41) is 13.9. The molecule has 1 rings (SSSR count). The van der Waals surface area contributed by atoms with Crippen LogP contribution in [0.3, 0.4) is 0 Å². The van der Waals surface area contributed by atoms with Gasteiger partial charge in [0, 0.05) is 4.88 Å². The number of hydrogen-bond acceptors (Lipinski definition) is 3. The minimum atomic E-state index is -0.982. The molecule has 1 aromatic rings. The number of nitrogens with one attached hydrogen (secondary N) is 1. The van der Waals surface area contributed by atoms with Crippen molar-refractivity contribution in [3.8, 4) is 6.07 Å². The molecule has 0 aliphatic rings. The lowest BCUT2D eigenvalue weighted by molar-refractivity contribution is -0.127. The second-order valence-electron chi connectivity index (χ2n) is 4.95. The van der Waals surface area contributed by atoms with Gasteiger partial charge in [-0.3, -0.25) is 4.79 Å². The van der Waals surface area contributed by atoms with Crippen molar-refractivity contribution in [1.29, 1.82) is 5.26 Å². The molecule has 1 aromatic heterocycles. The smallest absolute Gasteiger partial charge is 0.240 e. The molecule has 0 fully saturated rings. The lowest BCUT2D eigenvalue weighted by Gasteiger charge is -2.24. The van der Waals surface area contributed by atoms with Crippen LogP contribution in [-0.2, 0) is 4.79 Å². The monoisotopic (exact) mass is 250 g/mol. The lowest BCUT2D eigenvalue weighted by atomic mass is 9.93. The van der Waals surface area contributed by atoms with Crippen LogP contribution in [0.15, 0.2) is 17.5 Å². The van der Waals surface area contributed by atoms with Gasteiger partial charge >= 0.3 is 0 Å². The molecule has 1 atom stereocenters. The number of nitriles is 1. The fourth-order valence-electron chi connectivity index (χ4n) is 1.41. The van der Waals surface area contributed by atoms with E-state index >= 15 is 0 Å². The third-order valence-corrected chi connectivity index (χ3v) is 3.61. The van der Waals surface area contributed by atoms with Crippen LogP contribution in [-0.4, -0.2) is 5.91 Å². The molecule has 17 heavy (non-hydrogen) atoms. The lowest BCUT2D eigenvalue weighted by Crippen LogP contribution is -2.39. The zero-order chi connectivity index (χ0) is 13.1. The van der Waals surface area contributed by atoms with E-state index in [1.807, 2.05) is 23.6 Å². The highest BCUT2D eigenvalue weighted by Gasteiger charge is 2.30. The van der Waals surface area contributed by atoms with Crippen molar-refractivity contribution in [2.24, 2.45) is 11.3 Å². The first-order chi connectivity index (χ1) is 7.88. The zero-order valence-corrected chi connectivity index (χ0v) is 11.5. The summed E-state index contributed by atoms with van der Waals surface area (Å²) in [6.07, 6.45) is 0. The molecule has 92 valence electrons. The second kappa shape index (κ2) is 5.33. The summed E-state index contributed by atoms with van der Waals surface area (Å²) in [5.41, 5.74) is -0.982.